The Hall–Kier alpha value is -2.85. The number of methoxy groups -OCH3 is 1. The summed E-state index contributed by atoms with van der Waals surface area (Å²) in [7, 11) is 1.62. The second kappa shape index (κ2) is 8.50. The summed E-state index contributed by atoms with van der Waals surface area (Å²) in [6.07, 6.45) is 1.73. The molecule has 0 bridgehead atoms. The normalized spacial score (nSPS) is 10.9. The highest BCUT2D eigenvalue weighted by Crippen LogP contribution is 2.26. The third-order valence-corrected chi connectivity index (χ3v) is 3.99. The van der Waals surface area contributed by atoms with Gasteiger partial charge in [-0.2, -0.15) is 0 Å². The van der Waals surface area contributed by atoms with Gasteiger partial charge in [0.15, 0.2) is 0 Å². The Morgan fingerprint density at radius 3 is 2.38 bits per heavy atom. The molecule has 26 heavy (non-hydrogen) atoms. The van der Waals surface area contributed by atoms with Crippen molar-refractivity contribution in [1.29, 1.82) is 0 Å². The lowest BCUT2D eigenvalue weighted by molar-refractivity contribution is 0.306. The summed E-state index contributed by atoms with van der Waals surface area (Å²) in [6, 6.07) is 19.1. The number of ether oxygens (including phenoxy) is 2. The van der Waals surface area contributed by atoms with Crippen molar-refractivity contribution < 1.29 is 13.9 Å². The van der Waals surface area contributed by atoms with Crippen molar-refractivity contribution in [1.82, 2.24) is 0 Å². The molecule has 3 rings (SSSR count). The summed E-state index contributed by atoms with van der Waals surface area (Å²) in [5, 5.41) is 0.491. The van der Waals surface area contributed by atoms with E-state index in [4.69, 9.17) is 21.1 Å². The van der Waals surface area contributed by atoms with Gasteiger partial charge in [-0.25, -0.2) is 4.39 Å². The second-order valence-corrected chi connectivity index (χ2v) is 5.97. The van der Waals surface area contributed by atoms with Crippen LogP contribution >= 0.6 is 11.6 Å². The fourth-order valence-corrected chi connectivity index (χ4v) is 2.52. The zero-order valence-corrected chi connectivity index (χ0v) is 14.9. The largest absolute Gasteiger partial charge is 0.497 e. The van der Waals surface area contributed by atoms with Gasteiger partial charge in [0, 0.05) is 6.21 Å². The quantitative estimate of drug-likeness (QED) is 0.513. The minimum atomic E-state index is -0.271. The van der Waals surface area contributed by atoms with E-state index in [9.17, 15) is 4.39 Å². The van der Waals surface area contributed by atoms with Crippen molar-refractivity contribution in [3.05, 3.63) is 88.7 Å². The Morgan fingerprint density at radius 2 is 1.73 bits per heavy atom. The summed E-state index contributed by atoms with van der Waals surface area (Å²) < 4.78 is 23.7. The van der Waals surface area contributed by atoms with Gasteiger partial charge in [-0.05, 0) is 65.7 Å². The SMILES string of the molecule is COc1ccc(N=Cc2ccc(OCc3ccc(F)cc3)c(Cl)c2)cc1. The van der Waals surface area contributed by atoms with Crippen molar-refractivity contribution in [2.45, 2.75) is 6.61 Å². The van der Waals surface area contributed by atoms with Gasteiger partial charge in [0.25, 0.3) is 0 Å². The molecule has 3 aromatic carbocycles. The van der Waals surface area contributed by atoms with Gasteiger partial charge in [-0.1, -0.05) is 23.7 Å². The number of halogens is 2. The molecule has 0 radical (unpaired) electrons. The summed E-state index contributed by atoms with van der Waals surface area (Å²) in [4.78, 5) is 4.41. The van der Waals surface area contributed by atoms with Crippen LogP contribution in [0.25, 0.3) is 0 Å². The van der Waals surface area contributed by atoms with Crippen LogP contribution in [0.1, 0.15) is 11.1 Å². The topological polar surface area (TPSA) is 30.8 Å². The molecule has 0 saturated heterocycles. The molecule has 3 nitrogen and oxygen atoms in total. The molecule has 0 saturated carbocycles. The maximum absolute atomic E-state index is 12.9. The maximum Gasteiger partial charge on any atom is 0.138 e. The van der Waals surface area contributed by atoms with E-state index in [1.165, 1.54) is 12.1 Å². The number of benzene rings is 3. The molecule has 0 aliphatic carbocycles. The zero-order chi connectivity index (χ0) is 18.4. The first kappa shape index (κ1) is 18.0. The highest BCUT2D eigenvalue weighted by Gasteiger charge is 2.03. The van der Waals surface area contributed by atoms with Gasteiger partial charge in [0.2, 0.25) is 0 Å². The average Bonchev–Trinajstić information content (AvgIpc) is 2.67. The highest BCUT2D eigenvalue weighted by atomic mass is 35.5. The van der Waals surface area contributed by atoms with E-state index in [0.29, 0.717) is 17.4 Å². The first-order valence-corrected chi connectivity index (χ1v) is 8.37. The molecule has 0 amide bonds. The molecule has 0 atom stereocenters. The summed E-state index contributed by atoms with van der Waals surface area (Å²) in [5.41, 5.74) is 2.55. The molecule has 0 aliphatic rings. The number of hydrogen-bond acceptors (Lipinski definition) is 3. The van der Waals surface area contributed by atoms with E-state index < -0.39 is 0 Å². The molecule has 3 aromatic rings. The van der Waals surface area contributed by atoms with Crippen LogP contribution in [0, 0.1) is 5.82 Å². The summed E-state index contributed by atoms with van der Waals surface area (Å²) in [5.74, 6) is 1.08. The van der Waals surface area contributed by atoms with Crippen LogP contribution in [0.4, 0.5) is 10.1 Å². The third kappa shape index (κ3) is 4.83. The van der Waals surface area contributed by atoms with Crippen molar-refractivity contribution in [2.24, 2.45) is 4.99 Å². The van der Waals surface area contributed by atoms with Crippen LogP contribution in [0.5, 0.6) is 11.5 Å². The Bertz CT molecular complexity index is 893. The predicted octanol–water partition coefficient (Wildman–Crippen LogP) is 5.82. The molecule has 0 heterocycles. The molecule has 0 unspecified atom stereocenters. The first-order valence-electron chi connectivity index (χ1n) is 7.99. The lowest BCUT2D eigenvalue weighted by Crippen LogP contribution is -1.96. The Kier molecular flexibility index (Phi) is 5.87. The van der Waals surface area contributed by atoms with Crippen LogP contribution < -0.4 is 9.47 Å². The monoisotopic (exact) mass is 369 g/mol. The fourth-order valence-electron chi connectivity index (χ4n) is 2.27. The maximum atomic E-state index is 12.9. The molecule has 132 valence electrons. The van der Waals surface area contributed by atoms with Gasteiger partial charge in [0.1, 0.15) is 23.9 Å². The number of rotatable bonds is 6. The Morgan fingerprint density at radius 1 is 1.00 bits per heavy atom. The molecular formula is C21H17ClFNO2. The molecule has 0 N–H and O–H groups in total. The lowest BCUT2D eigenvalue weighted by atomic mass is 10.2. The molecule has 0 aliphatic heterocycles. The van der Waals surface area contributed by atoms with Crippen LogP contribution in [-0.4, -0.2) is 13.3 Å². The Labute approximate surface area is 156 Å². The van der Waals surface area contributed by atoms with Gasteiger partial charge >= 0.3 is 0 Å². The minimum absolute atomic E-state index is 0.271. The molecule has 0 fully saturated rings. The predicted molar refractivity (Wildman–Crippen MR) is 102 cm³/mol. The van der Waals surface area contributed by atoms with E-state index in [0.717, 1.165) is 22.6 Å². The number of hydrogen-bond donors (Lipinski definition) is 0. The number of nitrogens with zero attached hydrogens (tertiary/aromatic N) is 1. The van der Waals surface area contributed by atoms with Crippen LogP contribution in [0.15, 0.2) is 71.7 Å². The van der Waals surface area contributed by atoms with Crippen molar-refractivity contribution in [3.8, 4) is 11.5 Å². The molecule has 0 spiro atoms. The van der Waals surface area contributed by atoms with E-state index in [1.807, 2.05) is 30.3 Å². The van der Waals surface area contributed by atoms with E-state index in [2.05, 4.69) is 4.99 Å². The molecule has 5 heteroatoms. The summed E-state index contributed by atoms with van der Waals surface area (Å²) in [6.45, 7) is 0.319. The molecular weight excluding hydrogens is 353 g/mol. The highest BCUT2D eigenvalue weighted by molar-refractivity contribution is 6.32. The summed E-state index contributed by atoms with van der Waals surface area (Å²) >= 11 is 6.28. The first-order chi connectivity index (χ1) is 12.6. The second-order valence-electron chi connectivity index (χ2n) is 5.56. The fraction of sp³-hybridized carbons (Fsp3) is 0.0952. The number of aliphatic imine (C=N–C) groups is 1. The molecule has 0 aromatic heterocycles. The van der Waals surface area contributed by atoms with Crippen molar-refractivity contribution in [2.75, 3.05) is 7.11 Å². The average molecular weight is 370 g/mol. The van der Waals surface area contributed by atoms with E-state index in [1.54, 1.807) is 37.6 Å². The van der Waals surface area contributed by atoms with E-state index in [-0.39, 0.29) is 5.82 Å². The van der Waals surface area contributed by atoms with Crippen molar-refractivity contribution in [3.63, 3.8) is 0 Å². The van der Waals surface area contributed by atoms with Gasteiger partial charge in [0.05, 0.1) is 17.8 Å². The van der Waals surface area contributed by atoms with Gasteiger partial charge < -0.3 is 9.47 Å². The van der Waals surface area contributed by atoms with Gasteiger partial charge in [-0.3, -0.25) is 4.99 Å². The van der Waals surface area contributed by atoms with E-state index >= 15 is 0 Å². The Balaban J connectivity index is 1.64. The van der Waals surface area contributed by atoms with Crippen LogP contribution in [-0.2, 0) is 6.61 Å². The van der Waals surface area contributed by atoms with Crippen LogP contribution in [0.3, 0.4) is 0 Å². The third-order valence-electron chi connectivity index (χ3n) is 3.70. The van der Waals surface area contributed by atoms with Gasteiger partial charge in [-0.15, -0.1) is 0 Å². The van der Waals surface area contributed by atoms with Crippen LogP contribution in [0.2, 0.25) is 5.02 Å². The zero-order valence-electron chi connectivity index (χ0n) is 14.2. The smallest absolute Gasteiger partial charge is 0.138 e. The van der Waals surface area contributed by atoms with Crippen molar-refractivity contribution >= 4 is 23.5 Å². The standard InChI is InChI=1S/C21H17ClFNO2/c1-25-19-9-7-18(8-10-19)24-13-16-4-11-21(20(22)12-16)26-14-15-2-5-17(23)6-3-15/h2-13H,14H2,1H3. The minimum Gasteiger partial charge on any atom is -0.497 e. The lowest BCUT2D eigenvalue weighted by Gasteiger charge is -2.08.